The first-order valence-electron chi connectivity index (χ1n) is 8.99. The number of rotatable bonds is 7. The molecular formula is C22H22FN3O2. The van der Waals surface area contributed by atoms with Crippen molar-refractivity contribution < 1.29 is 13.9 Å². The predicted octanol–water partition coefficient (Wildman–Crippen LogP) is 3.39. The van der Waals surface area contributed by atoms with Crippen molar-refractivity contribution in [1.82, 2.24) is 10.3 Å². The maximum Gasteiger partial charge on any atom is 0.255 e. The number of hydrogen-bond acceptors (Lipinski definition) is 4. The highest BCUT2D eigenvalue weighted by atomic mass is 19.1. The van der Waals surface area contributed by atoms with Gasteiger partial charge in [-0.15, -0.1) is 0 Å². The molecule has 0 unspecified atom stereocenters. The van der Waals surface area contributed by atoms with Gasteiger partial charge >= 0.3 is 0 Å². The smallest absolute Gasteiger partial charge is 0.255 e. The van der Waals surface area contributed by atoms with Crippen molar-refractivity contribution >= 4 is 5.91 Å². The summed E-state index contributed by atoms with van der Waals surface area (Å²) in [4.78, 5) is 17.1. The van der Waals surface area contributed by atoms with E-state index in [1.54, 1.807) is 12.4 Å². The van der Waals surface area contributed by atoms with Crippen molar-refractivity contribution in [3.8, 4) is 5.75 Å². The van der Waals surface area contributed by atoms with Gasteiger partial charge in [0.1, 0.15) is 18.2 Å². The van der Waals surface area contributed by atoms with Gasteiger partial charge in [0, 0.05) is 18.9 Å². The molecule has 3 aromatic rings. The van der Waals surface area contributed by atoms with Crippen molar-refractivity contribution in [3.63, 3.8) is 0 Å². The topological polar surface area (TPSA) is 77.2 Å². The van der Waals surface area contributed by atoms with Crippen LogP contribution in [-0.4, -0.2) is 24.0 Å². The highest BCUT2D eigenvalue weighted by Gasteiger charge is 2.22. The van der Waals surface area contributed by atoms with E-state index in [0.29, 0.717) is 12.3 Å². The van der Waals surface area contributed by atoms with E-state index in [-0.39, 0.29) is 12.2 Å². The molecule has 1 atom stereocenters. The molecule has 2 aromatic carbocycles. The molecule has 0 saturated carbocycles. The van der Waals surface area contributed by atoms with Gasteiger partial charge in [-0.25, -0.2) is 4.39 Å². The third kappa shape index (κ3) is 4.53. The summed E-state index contributed by atoms with van der Waals surface area (Å²) in [7, 11) is 0. The molecule has 0 aliphatic heterocycles. The van der Waals surface area contributed by atoms with E-state index in [2.05, 4.69) is 10.3 Å². The maximum atomic E-state index is 13.8. The number of pyridine rings is 1. The molecule has 0 aliphatic carbocycles. The van der Waals surface area contributed by atoms with Crippen LogP contribution in [0.1, 0.15) is 33.1 Å². The standard InChI is InChI=1S/C22H22FN3O2/c1-15-4-2-3-5-18(15)21(16-8-11-25-12-9-16)26-22(27)19-14-17(23)6-7-20(19)28-13-10-24/h2-9,11-12,14,21H,10,13,24H2,1H3,(H,26,27)/t21-/m0/s1. The Bertz CT molecular complexity index is 948. The number of aromatic nitrogens is 1. The molecule has 0 aliphatic rings. The summed E-state index contributed by atoms with van der Waals surface area (Å²) in [5.74, 6) is -0.652. The second kappa shape index (κ2) is 9.10. The Kier molecular flexibility index (Phi) is 6.34. The third-order valence-electron chi connectivity index (χ3n) is 4.38. The lowest BCUT2D eigenvalue weighted by atomic mass is 9.95. The number of nitrogens with one attached hydrogen (secondary N) is 1. The summed E-state index contributed by atoms with van der Waals surface area (Å²) >= 11 is 0. The van der Waals surface area contributed by atoms with E-state index in [0.717, 1.165) is 16.7 Å². The fourth-order valence-corrected chi connectivity index (χ4v) is 2.99. The van der Waals surface area contributed by atoms with Gasteiger partial charge < -0.3 is 15.8 Å². The van der Waals surface area contributed by atoms with E-state index in [1.165, 1.54) is 18.2 Å². The number of hydrogen-bond donors (Lipinski definition) is 2. The number of carbonyl (C=O) groups is 1. The minimum Gasteiger partial charge on any atom is -0.491 e. The first-order chi connectivity index (χ1) is 13.6. The largest absolute Gasteiger partial charge is 0.491 e. The summed E-state index contributed by atoms with van der Waals surface area (Å²) in [6, 6.07) is 14.9. The summed E-state index contributed by atoms with van der Waals surface area (Å²) < 4.78 is 19.3. The van der Waals surface area contributed by atoms with Gasteiger partial charge in [0.15, 0.2) is 0 Å². The maximum absolute atomic E-state index is 13.8. The van der Waals surface area contributed by atoms with E-state index >= 15 is 0 Å². The number of halogens is 1. The average molecular weight is 379 g/mol. The fraction of sp³-hybridized carbons (Fsp3) is 0.182. The van der Waals surface area contributed by atoms with Crippen LogP contribution in [0.2, 0.25) is 0 Å². The van der Waals surface area contributed by atoms with Crippen LogP contribution in [0, 0.1) is 12.7 Å². The predicted molar refractivity (Wildman–Crippen MR) is 106 cm³/mol. The minimum absolute atomic E-state index is 0.126. The average Bonchev–Trinajstić information content (AvgIpc) is 2.72. The van der Waals surface area contributed by atoms with E-state index < -0.39 is 17.8 Å². The summed E-state index contributed by atoms with van der Waals surface area (Å²) in [5, 5.41) is 3.01. The van der Waals surface area contributed by atoms with Gasteiger partial charge in [0.25, 0.3) is 5.91 Å². The monoisotopic (exact) mass is 379 g/mol. The lowest BCUT2D eigenvalue weighted by molar-refractivity contribution is 0.0938. The van der Waals surface area contributed by atoms with Crippen molar-refractivity contribution in [2.45, 2.75) is 13.0 Å². The summed E-state index contributed by atoms with van der Waals surface area (Å²) in [6.45, 7) is 2.51. The zero-order valence-electron chi connectivity index (χ0n) is 15.6. The minimum atomic E-state index is -0.512. The number of aryl methyl sites for hydroxylation is 1. The Labute approximate surface area is 163 Å². The van der Waals surface area contributed by atoms with Gasteiger partial charge in [0.05, 0.1) is 11.6 Å². The van der Waals surface area contributed by atoms with Gasteiger partial charge in [-0.05, 0) is 53.9 Å². The molecule has 1 amide bonds. The van der Waals surface area contributed by atoms with Crippen molar-refractivity contribution in [3.05, 3.63) is 95.1 Å². The second-order valence-corrected chi connectivity index (χ2v) is 6.32. The molecule has 0 saturated heterocycles. The lowest BCUT2D eigenvalue weighted by Crippen LogP contribution is -2.30. The summed E-state index contributed by atoms with van der Waals surface area (Å²) in [5.41, 5.74) is 8.45. The SMILES string of the molecule is Cc1ccccc1[C@@H](NC(=O)c1cc(F)ccc1OCCN)c1ccncc1. The Morgan fingerprint density at radius 2 is 1.93 bits per heavy atom. The molecule has 0 spiro atoms. The molecule has 6 heteroatoms. The number of amides is 1. The number of nitrogens with zero attached hydrogens (tertiary/aromatic N) is 1. The normalized spacial score (nSPS) is 11.7. The Hall–Kier alpha value is -3.25. The van der Waals surface area contributed by atoms with Crippen LogP contribution in [0.15, 0.2) is 67.0 Å². The molecule has 1 aromatic heterocycles. The van der Waals surface area contributed by atoms with Crippen LogP contribution in [0.3, 0.4) is 0 Å². The van der Waals surface area contributed by atoms with Crippen LogP contribution in [0.4, 0.5) is 4.39 Å². The van der Waals surface area contributed by atoms with Crippen LogP contribution < -0.4 is 15.8 Å². The Balaban J connectivity index is 1.97. The third-order valence-corrected chi connectivity index (χ3v) is 4.38. The van der Waals surface area contributed by atoms with Gasteiger partial charge in [-0.2, -0.15) is 0 Å². The van der Waals surface area contributed by atoms with Gasteiger partial charge in [0.2, 0.25) is 0 Å². The van der Waals surface area contributed by atoms with Crippen molar-refractivity contribution in [2.75, 3.05) is 13.2 Å². The quantitative estimate of drug-likeness (QED) is 0.660. The number of benzene rings is 2. The van der Waals surface area contributed by atoms with Crippen molar-refractivity contribution in [1.29, 1.82) is 0 Å². The molecule has 1 heterocycles. The fourth-order valence-electron chi connectivity index (χ4n) is 2.99. The lowest BCUT2D eigenvalue weighted by Gasteiger charge is -2.22. The highest BCUT2D eigenvalue weighted by molar-refractivity contribution is 5.97. The zero-order chi connectivity index (χ0) is 19.9. The number of nitrogens with two attached hydrogens (primary N) is 1. The van der Waals surface area contributed by atoms with Gasteiger partial charge in [-0.3, -0.25) is 9.78 Å². The Morgan fingerprint density at radius 3 is 2.64 bits per heavy atom. The highest BCUT2D eigenvalue weighted by Crippen LogP contribution is 2.27. The molecular weight excluding hydrogens is 357 g/mol. The molecule has 144 valence electrons. The second-order valence-electron chi connectivity index (χ2n) is 6.32. The van der Waals surface area contributed by atoms with Crippen LogP contribution >= 0.6 is 0 Å². The van der Waals surface area contributed by atoms with Gasteiger partial charge in [-0.1, -0.05) is 24.3 Å². The molecule has 0 bridgehead atoms. The molecule has 0 radical (unpaired) electrons. The number of carbonyl (C=O) groups excluding carboxylic acids is 1. The molecule has 5 nitrogen and oxygen atoms in total. The zero-order valence-corrected chi connectivity index (χ0v) is 15.6. The molecule has 3 N–H and O–H groups in total. The molecule has 3 rings (SSSR count). The molecule has 0 fully saturated rings. The Morgan fingerprint density at radius 1 is 1.18 bits per heavy atom. The molecule has 28 heavy (non-hydrogen) atoms. The van der Waals surface area contributed by atoms with Crippen LogP contribution in [-0.2, 0) is 0 Å². The first-order valence-corrected chi connectivity index (χ1v) is 8.99. The van der Waals surface area contributed by atoms with Crippen molar-refractivity contribution in [2.24, 2.45) is 5.73 Å². The van der Waals surface area contributed by atoms with E-state index in [1.807, 2.05) is 43.3 Å². The van der Waals surface area contributed by atoms with E-state index in [9.17, 15) is 9.18 Å². The van der Waals surface area contributed by atoms with Crippen LogP contribution in [0.5, 0.6) is 5.75 Å². The summed E-state index contributed by atoms with van der Waals surface area (Å²) in [6.07, 6.45) is 3.34. The number of ether oxygens (including phenoxy) is 1. The first kappa shape index (κ1) is 19.5. The van der Waals surface area contributed by atoms with Crippen LogP contribution in [0.25, 0.3) is 0 Å². The van der Waals surface area contributed by atoms with E-state index in [4.69, 9.17) is 10.5 Å².